The molecule has 4 aromatic rings. The Hall–Kier alpha value is -3.90. The van der Waals surface area contributed by atoms with Gasteiger partial charge in [-0.3, -0.25) is 0 Å². The van der Waals surface area contributed by atoms with Gasteiger partial charge in [-0.05, 0) is 52.1 Å². The van der Waals surface area contributed by atoms with Crippen LogP contribution in [0.5, 0.6) is 11.5 Å². The summed E-state index contributed by atoms with van der Waals surface area (Å²) in [6.45, 7) is 1.54. The lowest BCUT2D eigenvalue weighted by molar-refractivity contribution is 0.328. The van der Waals surface area contributed by atoms with Crippen LogP contribution in [0.3, 0.4) is 0 Å². The number of nitrogens with two attached hydrogens (primary N) is 1. The lowest BCUT2D eigenvalue weighted by Gasteiger charge is -2.18. The molecule has 1 aromatic heterocycles. The fraction of sp³-hybridized carbons (Fsp3) is 0.120. The highest BCUT2D eigenvalue weighted by Crippen LogP contribution is 2.34. The zero-order valence-electron chi connectivity index (χ0n) is 17.1. The number of aromatic hydroxyl groups is 1. The highest BCUT2D eigenvalue weighted by Gasteiger charge is 2.15. The summed E-state index contributed by atoms with van der Waals surface area (Å²) in [5, 5.41) is 17.7. The van der Waals surface area contributed by atoms with E-state index < -0.39 is 0 Å². The zero-order valence-corrected chi connectivity index (χ0v) is 17.1. The summed E-state index contributed by atoms with van der Waals surface area (Å²) in [6, 6.07) is 25.5. The molecule has 0 bridgehead atoms. The van der Waals surface area contributed by atoms with Gasteiger partial charge in [0.1, 0.15) is 30.8 Å². The quantitative estimate of drug-likeness (QED) is 0.428. The van der Waals surface area contributed by atoms with E-state index in [2.05, 4.69) is 22.3 Å². The third kappa shape index (κ3) is 4.99. The van der Waals surface area contributed by atoms with Gasteiger partial charge in [-0.2, -0.15) is 0 Å². The first-order valence-electron chi connectivity index (χ1n) is 10.1. The van der Waals surface area contributed by atoms with E-state index in [0.717, 1.165) is 33.6 Å². The van der Waals surface area contributed by atoms with E-state index in [1.165, 1.54) is 0 Å². The lowest BCUT2D eigenvalue weighted by atomic mass is 9.89. The maximum absolute atomic E-state index is 9.83. The first kappa shape index (κ1) is 20.4. The summed E-state index contributed by atoms with van der Waals surface area (Å²) < 4.78 is 7.59. The molecule has 0 spiro atoms. The molecule has 1 heterocycles. The smallest absolute Gasteiger partial charge is 0.119 e. The molecule has 0 aliphatic heterocycles. The van der Waals surface area contributed by atoms with Crippen molar-refractivity contribution in [2.24, 2.45) is 5.73 Å². The molecule has 4 rings (SSSR count). The van der Waals surface area contributed by atoms with Crippen molar-refractivity contribution in [3.8, 4) is 11.5 Å². The van der Waals surface area contributed by atoms with Crippen LogP contribution < -0.4 is 10.5 Å². The lowest BCUT2D eigenvalue weighted by Crippen LogP contribution is -2.10. The van der Waals surface area contributed by atoms with Crippen LogP contribution in [0.2, 0.25) is 0 Å². The van der Waals surface area contributed by atoms with Crippen molar-refractivity contribution in [1.29, 1.82) is 0 Å². The average molecular weight is 412 g/mol. The van der Waals surface area contributed by atoms with Gasteiger partial charge in [0, 0.05) is 6.54 Å². The van der Waals surface area contributed by atoms with Crippen LogP contribution >= 0.6 is 0 Å². The zero-order chi connectivity index (χ0) is 21.5. The molecule has 0 saturated carbocycles. The molecule has 0 amide bonds. The van der Waals surface area contributed by atoms with Crippen LogP contribution in [-0.2, 0) is 6.54 Å². The Morgan fingerprint density at radius 2 is 1.42 bits per heavy atom. The topological polar surface area (TPSA) is 86.2 Å². The van der Waals surface area contributed by atoms with Crippen molar-refractivity contribution in [3.63, 3.8) is 0 Å². The summed E-state index contributed by atoms with van der Waals surface area (Å²) in [7, 11) is 0. The van der Waals surface area contributed by atoms with E-state index in [0.29, 0.717) is 19.7 Å². The number of hydrogen-bond donors (Lipinski definition) is 2. The van der Waals surface area contributed by atoms with Gasteiger partial charge in [0.25, 0.3) is 0 Å². The molecule has 0 unspecified atom stereocenters. The summed E-state index contributed by atoms with van der Waals surface area (Å²) in [5.74, 6) is 1.01. The molecular weight excluding hydrogens is 388 g/mol. The number of rotatable bonds is 8. The van der Waals surface area contributed by atoms with Crippen LogP contribution in [-0.4, -0.2) is 33.0 Å². The van der Waals surface area contributed by atoms with Crippen molar-refractivity contribution < 1.29 is 9.84 Å². The van der Waals surface area contributed by atoms with Gasteiger partial charge in [-0.1, -0.05) is 54.6 Å². The Morgan fingerprint density at radius 3 is 2.03 bits per heavy atom. The second kappa shape index (κ2) is 9.73. The van der Waals surface area contributed by atoms with Crippen molar-refractivity contribution in [2.45, 2.75) is 6.54 Å². The van der Waals surface area contributed by atoms with E-state index in [1.54, 1.807) is 24.8 Å². The normalized spacial score (nSPS) is 11.8. The van der Waals surface area contributed by atoms with E-state index in [4.69, 9.17) is 10.5 Å². The number of ether oxygens (including phenoxy) is 1. The summed E-state index contributed by atoms with van der Waals surface area (Å²) in [6.07, 6.45) is 3.42. The van der Waals surface area contributed by atoms with Crippen molar-refractivity contribution >= 4 is 11.1 Å². The van der Waals surface area contributed by atoms with Crippen LogP contribution in [0.15, 0.2) is 91.5 Å². The molecule has 0 fully saturated rings. The first-order valence-corrected chi connectivity index (χ1v) is 10.1. The highest BCUT2D eigenvalue weighted by molar-refractivity contribution is 5.98. The molecular formula is C25H24N4O2. The maximum atomic E-state index is 9.83. The number of nitrogens with zero attached hydrogens (tertiary/aromatic N) is 3. The van der Waals surface area contributed by atoms with Gasteiger partial charge in [0.05, 0.1) is 6.54 Å². The van der Waals surface area contributed by atoms with Crippen LogP contribution in [0, 0.1) is 0 Å². The van der Waals surface area contributed by atoms with Gasteiger partial charge >= 0.3 is 0 Å². The first-order chi connectivity index (χ1) is 15.2. The molecule has 0 atom stereocenters. The van der Waals surface area contributed by atoms with Gasteiger partial charge in [0.15, 0.2) is 0 Å². The monoisotopic (exact) mass is 412 g/mol. The van der Waals surface area contributed by atoms with Gasteiger partial charge in [-0.25, -0.2) is 0 Å². The van der Waals surface area contributed by atoms with E-state index in [-0.39, 0.29) is 5.75 Å². The minimum Gasteiger partial charge on any atom is -0.508 e. The average Bonchev–Trinajstić information content (AvgIpc) is 3.33. The Bertz CT molecular complexity index is 1120. The predicted molar refractivity (Wildman–Crippen MR) is 121 cm³/mol. The van der Waals surface area contributed by atoms with Gasteiger partial charge in [0.2, 0.25) is 0 Å². The Kier molecular flexibility index (Phi) is 6.40. The molecule has 3 N–H and O–H groups in total. The third-order valence-corrected chi connectivity index (χ3v) is 4.92. The molecule has 6 heteroatoms. The molecule has 6 nitrogen and oxygen atoms in total. The summed E-state index contributed by atoms with van der Waals surface area (Å²) in [5.41, 5.74) is 10.9. The molecule has 31 heavy (non-hydrogen) atoms. The predicted octanol–water partition coefficient (Wildman–Crippen LogP) is 3.98. The van der Waals surface area contributed by atoms with Crippen LogP contribution in [0.25, 0.3) is 11.1 Å². The number of allylic oxidation sites excluding steroid dienone is 1. The van der Waals surface area contributed by atoms with Gasteiger partial charge in [-0.15, -0.1) is 10.2 Å². The van der Waals surface area contributed by atoms with Crippen molar-refractivity contribution in [3.05, 3.63) is 108 Å². The largest absolute Gasteiger partial charge is 0.508 e. The number of phenols is 1. The highest BCUT2D eigenvalue weighted by atomic mass is 16.5. The molecule has 0 radical (unpaired) electrons. The minimum atomic E-state index is 0.230. The standard InChI is InChI=1S/C25H24N4O2/c26-14-15-31-23-12-8-21(9-13-23)25(20-6-10-22(30)11-7-20)24(16-29-17-27-28-18-29)19-4-2-1-3-5-19/h1-13,17-18,30H,14-16,26H2/b25-24+. The molecule has 156 valence electrons. The SMILES string of the molecule is NCCOc1ccc(/C(=C(\Cn2cnnc2)c2ccccc2)c2ccc(O)cc2)cc1. The minimum absolute atomic E-state index is 0.230. The van der Waals surface area contributed by atoms with E-state index in [9.17, 15) is 5.11 Å². The van der Waals surface area contributed by atoms with Crippen LogP contribution in [0.4, 0.5) is 0 Å². The van der Waals surface area contributed by atoms with Gasteiger partial charge < -0.3 is 20.1 Å². The Labute approximate surface area is 181 Å². The number of phenolic OH excluding ortho intramolecular Hbond substituents is 1. The van der Waals surface area contributed by atoms with Crippen molar-refractivity contribution in [1.82, 2.24) is 14.8 Å². The van der Waals surface area contributed by atoms with E-state index >= 15 is 0 Å². The maximum Gasteiger partial charge on any atom is 0.119 e. The van der Waals surface area contributed by atoms with Crippen LogP contribution in [0.1, 0.15) is 16.7 Å². The summed E-state index contributed by atoms with van der Waals surface area (Å²) in [4.78, 5) is 0. The summed E-state index contributed by atoms with van der Waals surface area (Å²) >= 11 is 0. The fourth-order valence-corrected chi connectivity index (χ4v) is 3.48. The number of aromatic nitrogens is 3. The Morgan fingerprint density at radius 1 is 0.806 bits per heavy atom. The Balaban J connectivity index is 1.89. The molecule has 0 saturated heterocycles. The van der Waals surface area contributed by atoms with Crippen molar-refractivity contribution in [2.75, 3.05) is 13.2 Å². The second-order valence-corrected chi connectivity index (χ2v) is 7.06. The molecule has 0 aliphatic carbocycles. The van der Waals surface area contributed by atoms with E-state index in [1.807, 2.05) is 59.2 Å². The third-order valence-electron chi connectivity index (χ3n) is 4.92. The second-order valence-electron chi connectivity index (χ2n) is 7.06. The fourth-order valence-electron chi connectivity index (χ4n) is 3.48. The number of benzene rings is 3. The molecule has 0 aliphatic rings. The number of hydrogen-bond acceptors (Lipinski definition) is 5. The molecule has 3 aromatic carbocycles.